The Kier molecular flexibility index (Phi) is 1.85. The third kappa shape index (κ3) is 0.889. The Labute approximate surface area is 99.0 Å². The van der Waals surface area contributed by atoms with Crippen molar-refractivity contribution in [3.63, 3.8) is 0 Å². The van der Waals surface area contributed by atoms with Crippen LogP contribution in [0.4, 0.5) is 0 Å². The highest BCUT2D eigenvalue weighted by molar-refractivity contribution is 5.81. The first-order valence-corrected chi connectivity index (χ1v) is 6.85. The molecule has 0 radical (unpaired) electrons. The average Bonchev–Trinajstić information content (AvgIpc) is 2.49. The quantitative estimate of drug-likeness (QED) is 0.606. The molecule has 1 heteroatoms. The molecule has 0 amide bonds. The average molecular weight is 220 g/mol. The SMILES string of the molecule is C[C@@H]1CC(=O)C[C@]23CC[C@H](C[C@@]12C)C3(C)C. The zero-order chi connectivity index (χ0) is 11.8. The van der Waals surface area contributed by atoms with Gasteiger partial charge in [-0.25, -0.2) is 0 Å². The van der Waals surface area contributed by atoms with Crippen LogP contribution < -0.4 is 0 Å². The molecular formula is C15H24O. The Morgan fingerprint density at radius 2 is 1.94 bits per heavy atom. The van der Waals surface area contributed by atoms with Crippen molar-refractivity contribution in [2.24, 2.45) is 28.1 Å². The van der Waals surface area contributed by atoms with E-state index in [9.17, 15) is 4.79 Å². The van der Waals surface area contributed by atoms with Crippen molar-refractivity contribution in [1.82, 2.24) is 0 Å². The lowest BCUT2D eigenvalue weighted by Gasteiger charge is -2.55. The molecule has 0 aromatic rings. The number of ketones is 1. The summed E-state index contributed by atoms with van der Waals surface area (Å²) in [6.07, 6.45) is 5.74. The lowest BCUT2D eigenvalue weighted by Crippen LogP contribution is -2.51. The van der Waals surface area contributed by atoms with Gasteiger partial charge < -0.3 is 0 Å². The van der Waals surface area contributed by atoms with Gasteiger partial charge >= 0.3 is 0 Å². The lowest BCUT2D eigenvalue weighted by molar-refractivity contribution is -0.140. The fourth-order valence-electron chi connectivity index (χ4n) is 5.75. The van der Waals surface area contributed by atoms with E-state index in [1.165, 1.54) is 19.3 Å². The summed E-state index contributed by atoms with van der Waals surface area (Å²) in [5, 5.41) is 0. The number of Topliss-reactive ketones (excluding diaryl/α,β-unsaturated/α-hetero) is 1. The molecule has 4 atom stereocenters. The fraction of sp³-hybridized carbons (Fsp3) is 0.933. The van der Waals surface area contributed by atoms with Crippen molar-refractivity contribution >= 4 is 5.78 Å². The first-order chi connectivity index (χ1) is 7.33. The van der Waals surface area contributed by atoms with Crippen LogP contribution in [0, 0.1) is 28.1 Å². The van der Waals surface area contributed by atoms with Gasteiger partial charge in [-0.05, 0) is 47.3 Å². The molecule has 0 aliphatic heterocycles. The maximum absolute atomic E-state index is 12.0. The third-order valence-corrected chi connectivity index (χ3v) is 7.06. The minimum Gasteiger partial charge on any atom is -0.300 e. The Morgan fingerprint density at radius 1 is 1.25 bits per heavy atom. The molecule has 0 aromatic carbocycles. The first-order valence-electron chi connectivity index (χ1n) is 6.85. The zero-order valence-electron chi connectivity index (χ0n) is 11.1. The van der Waals surface area contributed by atoms with Gasteiger partial charge in [0, 0.05) is 12.8 Å². The van der Waals surface area contributed by atoms with Crippen LogP contribution in [0.2, 0.25) is 0 Å². The Balaban J connectivity index is 2.14. The maximum Gasteiger partial charge on any atom is 0.133 e. The van der Waals surface area contributed by atoms with E-state index in [0.717, 1.165) is 18.8 Å². The van der Waals surface area contributed by atoms with Crippen LogP contribution in [0.25, 0.3) is 0 Å². The summed E-state index contributed by atoms with van der Waals surface area (Å²) in [6, 6.07) is 0. The van der Waals surface area contributed by atoms with E-state index >= 15 is 0 Å². The predicted molar refractivity (Wildman–Crippen MR) is 65.1 cm³/mol. The summed E-state index contributed by atoms with van der Waals surface area (Å²) in [4.78, 5) is 12.0. The van der Waals surface area contributed by atoms with Crippen LogP contribution in [0.5, 0.6) is 0 Å². The van der Waals surface area contributed by atoms with Crippen LogP contribution in [0.3, 0.4) is 0 Å². The molecule has 0 N–H and O–H groups in total. The smallest absolute Gasteiger partial charge is 0.133 e. The second-order valence-electron chi connectivity index (χ2n) is 7.48. The van der Waals surface area contributed by atoms with Gasteiger partial charge in [-0.3, -0.25) is 4.79 Å². The summed E-state index contributed by atoms with van der Waals surface area (Å²) in [6.45, 7) is 9.66. The molecule has 16 heavy (non-hydrogen) atoms. The molecule has 3 aliphatic rings. The molecule has 3 rings (SSSR count). The molecule has 1 nitrogen and oxygen atoms in total. The highest BCUT2D eigenvalue weighted by Gasteiger charge is 2.71. The summed E-state index contributed by atoms with van der Waals surface area (Å²) in [7, 11) is 0. The molecule has 0 unspecified atom stereocenters. The van der Waals surface area contributed by atoms with Gasteiger partial charge in [0.2, 0.25) is 0 Å². The Morgan fingerprint density at radius 3 is 2.56 bits per heavy atom. The van der Waals surface area contributed by atoms with E-state index in [0.29, 0.717) is 27.9 Å². The second kappa shape index (κ2) is 2.73. The summed E-state index contributed by atoms with van der Waals surface area (Å²) >= 11 is 0. The van der Waals surface area contributed by atoms with Crippen molar-refractivity contribution in [2.75, 3.05) is 0 Å². The second-order valence-corrected chi connectivity index (χ2v) is 7.48. The summed E-state index contributed by atoms with van der Waals surface area (Å²) in [5.74, 6) is 1.99. The number of carbonyl (C=O) groups is 1. The lowest BCUT2D eigenvalue weighted by atomic mass is 9.48. The number of hydrogen-bond donors (Lipinski definition) is 0. The number of hydrogen-bond acceptors (Lipinski definition) is 1. The van der Waals surface area contributed by atoms with Gasteiger partial charge in [-0.2, -0.15) is 0 Å². The molecule has 0 saturated heterocycles. The van der Waals surface area contributed by atoms with Crippen LogP contribution in [-0.4, -0.2) is 5.78 Å². The number of rotatable bonds is 0. The molecule has 90 valence electrons. The molecule has 1 spiro atoms. The number of fused-ring (bicyclic) bond motifs is 1. The van der Waals surface area contributed by atoms with Gasteiger partial charge in [0.25, 0.3) is 0 Å². The zero-order valence-corrected chi connectivity index (χ0v) is 11.1. The van der Waals surface area contributed by atoms with Gasteiger partial charge in [0.15, 0.2) is 0 Å². The summed E-state index contributed by atoms with van der Waals surface area (Å²) in [5.41, 5.74) is 1.17. The van der Waals surface area contributed by atoms with E-state index < -0.39 is 0 Å². The van der Waals surface area contributed by atoms with E-state index in [-0.39, 0.29) is 0 Å². The van der Waals surface area contributed by atoms with Crippen molar-refractivity contribution in [1.29, 1.82) is 0 Å². The van der Waals surface area contributed by atoms with Crippen molar-refractivity contribution < 1.29 is 4.79 Å². The Bertz CT molecular complexity index is 356. The largest absolute Gasteiger partial charge is 0.300 e. The Hall–Kier alpha value is -0.330. The highest BCUT2D eigenvalue weighted by atomic mass is 16.1. The monoisotopic (exact) mass is 220 g/mol. The molecule has 3 fully saturated rings. The van der Waals surface area contributed by atoms with Crippen LogP contribution in [0.1, 0.15) is 59.8 Å². The maximum atomic E-state index is 12.0. The van der Waals surface area contributed by atoms with Crippen molar-refractivity contribution in [3.8, 4) is 0 Å². The van der Waals surface area contributed by atoms with Crippen LogP contribution in [-0.2, 0) is 4.79 Å². The van der Waals surface area contributed by atoms with E-state index in [1.807, 2.05) is 0 Å². The predicted octanol–water partition coefficient (Wildman–Crippen LogP) is 3.82. The van der Waals surface area contributed by atoms with Gasteiger partial charge in [-0.15, -0.1) is 0 Å². The van der Waals surface area contributed by atoms with Gasteiger partial charge in [0.05, 0.1) is 0 Å². The van der Waals surface area contributed by atoms with Crippen LogP contribution >= 0.6 is 0 Å². The molecule has 0 heterocycles. The molecule has 2 bridgehead atoms. The normalized spacial score (nSPS) is 54.1. The first kappa shape index (κ1) is 10.8. The standard InChI is InChI=1S/C15H24O/c1-10-7-12(16)9-15-6-5-11(13(15,2)3)8-14(10,15)4/h10-11H,5-9H2,1-4H3/t10-,11-,14+,15+/m1/s1. The van der Waals surface area contributed by atoms with Crippen molar-refractivity contribution in [2.45, 2.75) is 59.8 Å². The highest BCUT2D eigenvalue weighted by Crippen LogP contribution is 2.78. The minimum absolute atomic E-state index is 0.333. The molecule has 3 saturated carbocycles. The topological polar surface area (TPSA) is 17.1 Å². The molecular weight excluding hydrogens is 196 g/mol. The summed E-state index contributed by atoms with van der Waals surface area (Å²) < 4.78 is 0. The third-order valence-electron chi connectivity index (χ3n) is 7.06. The number of carbonyl (C=O) groups excluding carboxylic acids is 1. The van der Waals surface area contributed by atoms with E-state index in [1.54, 1.807) is 0 Å². The minimum atomic E-state index is 0.333. The fourth-order valence-corrected chi connectivity index (χ4v) is 5.75. The van der Waals surface area contributed by atoms with Gasteiger partial charge in [-0.1, -0.05) is 27.7 Å². The molecule has 3 aliphatic carbocycles. The van der Waals surface area contributed by atoms with Crippen molar-refractivity contribution in [3.05, 3.63) is 0 Å². The van der Waals surface area contributed by atoms with Gasteiger partial charge in [0.1, 0.15) is 5.78 Å². The van der Waals surface area contributed by atoms with E-state index in [4.69, 9.17) is 0 Å². The van der Waals surface area contributed by atoms with E-state index in [2.05, 4.69) is 27.7 Å². The molecule has 0 aromatic heterocycles. The van der Waals surface area contributed by atoms with Crippen LogP contribution in [0.15, 0.2) is 0 Å².